The number of phenols is 1. The third-order valence-electron chi connectivity index (χ3n) is 3.11. The van der Waals surface area contributed by atoms with E-state index in [9.17, 15) is 14.3 Å². The number of carbonyl (C=O) groups is 1. The lowest BCUT2D eigenvalue weighted by atomic mass is 9.92. The first-order valence-electron chi connectivity index (χ1n) is 5.55. The molecule has 2 aromatic rings. The molecule has 0 spiro atoms. The number of benzene rings is 2. The molecule has 0 aliphatic carbocycles. The van der Waals surface area contributed by atoms with Crippen molar-refractivity contribution in [2.24, 2.45) is 0 Å². The second-order valence-corrected chi connectivity index (χ2v) is 4.19. The third kappa shape index (κ3) is 1.46. The first-order valence-corrected chi connectivity index (χ1v) is 5.55. The average molecular weight is 243 g/mol. The number of para-hydroxylation sites is 2. The van der Waals surface area contributed by atoms with Gasteiger partial charge < -0.3 is 10.4 Å². The van der Waals surface area contributed by atoms with Crippen LogP contribution in [0.1, 0.15) is 17.0 Å². The van der Waals surface area contributed by atoms with E-state index in [2.05, 4.69) is 5.32 Å². The van der Waals surface area contributed by atoms with Crippen LogP contribution in [0.2, 0.25) is 0 Å². The summed E-state index contributed by atoms with van der Waals surface area (Å²) in [6, 6.07) is 11.1. The number of hydrogen-bond donors (Lipinski definition) is 2. The largest absolute Gasteiger partial charge is 0.508 e. The van der Waals surface area contributed by atoms with Gasteiger partial charge in [-0.3, -0.25) is 4.79 Å². The Balaban J connectivity index is 2.19. The van der Waals surface area contributed by atoms with E-state index < -0.39 is 11.7 Å². The molecule has 0 fully saturated rings. The molecule has 0 saturated carbocycles. The first-order chi connectivity index (χ1) is 8.68. The second-order valence-electron chi connectivity index (χ2n) is 4.19. The summed E-state index contributed by atoms with van der Waals surface area (Å²) < 4.78 is 13.6. The summed E-state index contributed by atoms with van der Waals surface area (Å²) in [6.07, 6.45) is 0. The molecule has 2 N–H and O–H groups in total. The number of aromatic hydroxyl groups is 1. The van der Waals surface area contributed by atoms with Crippen LogP contribution in [-0.4, -0.2) is 11.0 Å². The molecule has 3 rings (SSSR count). The number of nitrogens with one attached hydrogen (secondary N) is 1. The van der Waals surface area contributed by atoms with Crippen molar-refractivity contribution in [3.05, 3.63) is 59.4 Å². The van der Waals surface area contributed by atoms with Crippen LogP contribution in [0, 0.1) is 5.82 Å². The quantitative estimate of drug-likeness (QED) is 0.808. The average Bonchev–Trinajstić information content (AvgIpc) is 2.68. The lowest BCUT2D eigenvalue weighted by Crippen LogP contribution is -2.13. The number of carbonyl (C=O) groups excluding carboxylic acids is 1. The Hall–Kier alpha value is -2.36. The maximum atomic E-state index is 13.6. The van der Waals surface area contributed by atoms with Gasteiger partial charge in [-0.15, -0.1) is 0 Å². The van der Waals surface area contributed by atoms with Crippen molar-refractivity contribution in [1.82, 2.24) is 0 Å². The van der Waals surface area contributed by atoms with Crippen LogP contribution in [0.25, 0.3) is 0 Å². The molecule has 1 heterocycles. The minimum absolute atomic E-state index is 0.0368. The van der Waals surface area contributed by atoms with Gasteiger partial charge in [-0.2, -0.15) is 0 Å². The van der Waals surface area contributed by atoms with Gasteiger partial charge in [-0.1, -0.05) is 30.3 Å². The summed E-state index contributed by atoms with van der Waals surface area (Å²) in [4.78, 5) is 11.9. The van der Waals surface area contributed by atoms with Crippen LogP contribution in [0.5, 0.6) is 5.75 Å². The number of amides is 1. The van der Waals surface area contributed by atoms with Crippen LogP contribution < -0.4 is 5.32 Å². The molecular formula is C14H10FNO2. The molecule has 1 unspecified atom stereocenters. The number of fused-ring (bicyclic) bond motifs is 1. The molecule has 0 radical (unpaired) electrons. The fourth-order valence-corrected chi connectivity index (χ4v) is 2.29. The van der Waals surface area contributed by atoms with Crippen molar-refractivity contribution in [2.75, 3.05) is 5.32 Å². The van der Waals surface area contributed by atoms with Gasteiger partial charge in [0.2, 0.25) is 5.91 Å². The molecule has 1 aliphatic heterocycles. The zero-order valence-electron chi connectivity index (χ0n) is 9.35. The van der Waals surface area contributed by atoms with Crippen LogP contribution in [0.3, 0.4) is 0 Å². The molecule has 0 bridgehead atoms. The van der Waals surface area contributed by atoms with Gasteiger partial charge in [0.05, 0.1) is 11.6 Å². The van der Waals surface area contributed by atoms with E-state index in [-0.39, 0.29) is 17.3 Å². The second kappa shape index (κ2) is 3.84. The molecule has 4 heteroatoms. The van der Waals surface area contributed by atoms with E-state index in [0.29, 0.717) is 11.1 Å². The highest BCUT2D eigenvalue weighted by molar-refractivity contribution is 6.05. The van der Waals surface area contributed by atoms with Crippen LogP contribution >= 0.6 is 0 Å². The minimum atomic E-state index is -0.656. The summed E-state index contributed by atoms with van der Waals surface area (Å²) in [5.41, 5.74) is 1.25. The Morgan fingerprint density at radius 2 is 1.78 bits per heavy atom. The van der Waals surface area contributed by atoms with Gasteiger partial charge in [0.1, 0.15) is 11.6 Å². The Kier molecular flexibility index (Phi) is 2.30. The smallest absolute Gasteiger partial charge is 0.236 e. The number of rotatable bonds is 1. The molecule has 2 aromatic carbocycles. The summed E-state index contributed by atoms with van der Waals surface area (Å²) in [6.45, 7) is 0. The molecule has 1 amide bonds. The highest BCUT2D eigenvalue weighted by Gasteiger charge is 2.34. The Morgan fingerprint density at radius 1 is 1.06 bits per heavy atom. The van der Waals surface area contributed by atoms with Crippen LogP contribution in [0.4, 0.5) is 10.1 Å². The van der Waals surface area contributed by atoms with E-state index in [0.717, 1.165) is 0 Å². The number of hydrogen-bond acceptors (Lipinski definition) is 2. The Morgan fingerprint density at radius 3 is 2.56 bits per heavy atom. The van der Waals surface area contributed by atoms with E-state index in [4.69, 9.17) is 0 Å². The van der Waals surface area contributed by atoms with Crippen molar-refractivity contribution < 1.29 is 14.3 Å². The van der Waals surface area contributed by atoms with Gasteiger partial charge in [-0.05, 0) is 17.7 Å². The monoisotopic (exact) mass is 243 g/mol. The summed E-state index contributed by atoms with van der Waals surface area (Å²) in [5.74, 6) is -1.40. The molecule has 1 aliphatic rings. The van der Waals surface area contributed by atoms with E-state index in [1.54, 1.807) is 30.3 Å². The van der Waals surface area contributed by atoms with E-state index in [1.807, 2.05) is 0 Å². The standard InChI is InChI=1S/C14H10FNO2/c15-10-6-3-5-9-12(14(18)16-13(9)10)8-4-1-2-7-11(8)17/h1-7,12,17H,(H,16,18). The van der Waals surface area contributed by atoms with Gasteiger partial charge in [0.25, 0.3) is 0 Å². The number of halogens is 1. The summed E-state index contributed by atoms with van der Waals surface area (Å²) in [7, 11) is 0. The number of anilines is 1. The zero-order valence-corrected chi connectivity index (χ0v) is 9.35. The van der Waals surface area contributed by atoms with E-state index in [1.165, 1.54) is 12.1 Å². The molecule has 3 nitrogen and oxygen atoms in total. The highest BCUT2D eigenvalue weighted by atomic mass is 19.1. The molecule has 0 saturated heterocycles. The van der Waals surface area contributed by atoms with Crippen molar-refractivity contribution in [3.63, 3.8) is 0 Å². The predicted molar refractivity (Wildman–Crippen MR) is 65.0 cm³/mol. The minimum Gasteiger partial charge on any atom is -0.508 e. The van der Waals surface area contributed by atoms with Gasteiger partial charge in [0.15, 0.2) is 0 Å². The summed E-state index contributed by atoms with van der Waals surface area (Å²) >= 11 is 0. The van der Waals surface area contributed by atoms with Gasteiger partial charge in [0, 0.05) is 5.56 Å². The number of phenolic OH excluding ortho intramolecular Hbond substituents is 1. The zero-order chi connectivity index (χ0) is 12.7. The van der Waals surface area contributed by atoms with Crippen molar-refractivity contribution in [2.45, 2.75) is 5.92 Å². The van der Waals surface area contributed by atoms with Crippen LogP contribution in [0.15, 0.2) is 42.5 Å². The normalized spacial score (nSPS) is 17.4. The van der Waals surface area contributed by atoms with Gasteiger partial charge in [-0.25, -0.2) is 4.39 Å². The molecule has 90 valence electrons. The topological polar surface area (TPSA) is 49.3 Å². The molecular weight excluding hydrogens is 233 g/mol. The fraction of sp³-hybridized carbons (Fsp3) is 0.0714. The fourth-order valence-electron chi connectivity index (χ4n) is 2.29. The van der Waals surface area contributed by atoms with E-state index >= 15 is 0 Å². The van der Waals surface area contributed by atoms with Crippen LogP contribution in [-0.2, 0) is 4.79 Å². The Bertz CT molecular complexity index is 639. The molecule has 1 atom stereocenters. The first kappa shape index (κ1) is 10.8. The van der Waals surface area contributed by atoms with Gasteiger partial charge >= 0.3 is 0 Å². The lowest BCUT2D eigenvalue weighted by molar-refractivity contribution is -0.116. The molecule has 18 heavy (non-hydrogen) atoms. The maximum absolute atomic E-state index is 13.6. The van der Waals surface area contributed by atoms with Crippen molar-refractivity contribution >= 4 is 11.6 Å². The summed E-state index contributed by atoms with van der Waals surface area (Å²) in [5, 5.41) is 12.3. The lowest BCUT2D eigenvalue weighted by Gasteiger charge is -2.10. The SMILES string of the molecule is O=C1Nc2c(F)cccc2C1c1ccccc1O. The highest BCUT2D eigenvalue weighted by Crippen LogP contribution is 2.41. The predicted octanol–water partition coefficient (Wildman–Crippen LogP) is 2.62. The maximum Gasteiger partial charge on any atom is 0.236 e. The third-order valence-corrected chi connectivity index (χ3v) is 3.11. The van der Waals surface area contributed by atoms with Crippen molar-refractivity contribution in [3.8, 4) is 5.75 Å². The molecule has 0 aromatic heterocycles. The Labute approximate surface area is 103 Å². The van der Waals surface area contributed by atoms with Crippen molar-refractivity contribution in [1.29, 1.82) is 0 Å².